The number of aromatic nitrogens is 1. The largest absolute Gasteiger partial charge is 0.264 e. The van der Waals surface area contributed by atoms with Gasteiger partial charge in [-0.2, -0.15) is 0 Å². The number of aryl methyl sites for hydroxylation is 2. The predicted molar refractivity (Wildman–Crippen MR) is 74.6 cm³/mol. The third-order valence-electron chi connectivity index (χ3n) is 2.75. The smallest absolute Gasteiger partial charge is 0.0299 e. The van der Waals surface area contributed by atoms with E-state index >= 15 is 0 Å². The van der Waals surface area contributed by atoms with Gasteiger partial charge in [-0.05, 0) is 42.9 Å². The molecule has 0 aliphatic rings. The maximum Gasteiger partial charge on any atom is 0.0299 e. The molecule has 0 bridgehead atoms. The van der Waals surface area contributed by atoms with E-state index < -0.39 is 0 Å². The number of unbranched alkanes of at least 4 members (excludes halogenated alkanes) is 1. The second-order valence-corrected chi connectivity index (χ2v) is 4.05. The van der Waals surface area contributed by atoms with Crippen LogP contribution in [-0.4, -0.2) is 4.98 Å². The van der Waals surface area contributed by atoms with Gasteiger partial charge in [-0.3, -0.25) is 4.98 Å². The molecule has 0 aliphatic carbocycles. The van der Waals surface area contributed by atoms with E-state index in [0.717, 1.165) is 6.42 Å². The van der Waals surface area contributed by atoms with Crippen molar-refractivity contribution in [2.45, 2.75) is 25.7 Å². The molecule has 0 atom stereocenters. The van der Waals surface area contributed by atoms with Crippen molar-refractivity contribution in [3.8, 4) is 0 Å². The van der Waals surface area contributed by atoms with Gasteiger partial charge in [0.05, 0.1) is 0 Å². The van der Waals surface area contributed by atoms with E-state index in [1.54, 1.807) is 0 Å². The molecule has 0 aliphatic heterocycles. The van der Waals surface area contributed by atoms with E-state index in [0.29, 0.717) is 0 Å². The van der Waals surface area contributed by atoms with Crippen LogP contribution in [-0.2, 0) is 12.8 Å². The molecule has 0 amide bonds. The van der Waals surface area contributed by atoms with E-state index in [1.807, 2.05) is 18.5 Å². The topological polar surface area (TPSA) is 12.9 Å². The van der Waals surface area contributed by atoms with Gasteiger partial charge in [-0.15, -0.1) is 12.4 Å². The van der Waals surface area contributed by atoms with Gasteiger partial charge in [0.25, 0.3) is 0 Å². The maximum atomic E-state index is 4.12. The van der Waals surface area contributed by atoms with Crippen molar-refractivity contribution >= 4 is 12.4 Å². The van der Waals surface area contributed by atoms with E-state index in [2.05, 4.69) is 41.4 Å². The highest BCUT2D eigenvalue weighted by atomic mass is 35.5. The summed E-state index contributed by atoms with van der Waals surface area (Å²) in [5.41, 5.74) is 2.78. The van der Waals surface area contributed by atoms with Gasteiger partial charge in [0.1, 0.15) is 0 Å². The Morgan fingerprint density at radius 3 is 2.06 bits per heavy atom. The van der Waals surface area contributed by atoms with Gasteiger partial charge in [0.15, 0.2) is 0 Å². The van der Waals surface area contributed by atoms with Gasteiger partial charge >= 0.3 is 0 Å². The molecule has 1 aromatic carbocycles. The van der Waals surface area contributed by atoms with Gasteiger partial charge in [-0.25, -0.2) is 0 Å². The lowest BCUT2D eigenvalue weighted by atomic mass is 10.0. The molecule has 0 N–H and O–H groups in total. The Morgan fingerprint density at radius 1 is 0.765 bits per heavy atom. The van der Waals surface area contributed by atoms with Crippen LogP contribution in [0.3, 0.4) is 0 Å². The Bertz CT molecular complexity index is 358. The molecular weight excluding hydrogens is 230 g/mol. The zero-order chi connectivity index (χ0) is 11.1. The number of pyridine rings is 1. The summed E-state index contributed by atoms with van der Waals surface area (Å²) >= 11 is 0. The van der Waals surface area contributed by atoms with Crippen molar-refractivity contribution in [3.63, 3.8) is 0 Å². The molecule has 2 rings (SSSR count). The molecule has 1 nitrogen and oxygen atoms in total. The zero-order valence-electron chi connectivity index (χ0n) is 9.88. The molecule has 0 radical (unpaired) electrons. The number of nitrogens with zero attached hydrogens (tertiary/aromatic N) is 1. The van der Waals surface area contributed by atoms with Crippen LogP contribution in [0.1, 0.15) is 24.0 Å². The average molecular weight is 248 g/mol. The van der Waals surface area contributed by atoms with Gasteiger partial charge in [-0.1, -0.05) is 36.4 Å². The van der Waals surface area contributed by atoms with Crippen LogP contribution in [0.25, 0.3) is 0 Å². The van der Waals surface area contributed by atoms with Crippen LogP contribution in [0.2, 0.25) is 0 Å². The minimum atomic E-state index is 0. The Morgan fingerprint density at radius 2 is 1.41 bits per heavy atom. The highest BCUT2D eigenvalue weighted by Crippen LogP contribution is 2.08. The second kappa shape index (κ2) is 7.86. The minimum absolute atomic E-state index is 0. The summed E-state index contributed by atoms with van der Waals surface area (Å²) in [6, 6.07) is 14.8. The lowest BCUT2D eigenvalue weighted by Gasteiger charge is -2.01. The number of benzene rings is 1. The first-order valence-electron chi connectivity index (χ1n) is 5.88. The number of rotatable bonds is 5. The summed E-state index contributed by atoms with van der Waals surface area (Å²) in [4.78, 5) is 4.12. The van der Waals surface area contributed by atoms with Crippen LogP contribution in [0, 0.1) is 0 Å². The minimum Gasteiger partial charge on any atom is -0.264 e. The number of hydrogen-bond donors (Lipinski definition) is 0. The van der Waals surface area contributed by atoms with Crippen molar-refractivity contribution in [2.24, 2.45) is 0 Å². The van der Waals surface area contributed by atoms with E-state index in [4.69, 9.17) is 0 Å². The molecule has 1 aromatic heterocycles. The Hall–Kier alpha value is -1.34. The van der Waals surface area contributed by atoms with E-state index in [1.165, 1.54) is 30.4 Å². The summed E-state index contributed by atoms with van der Waals surface area (Å²) in [5.74, 6) is 0. The fourth-order valence-electron chi connectivity index (χ4n) is 1.85. The van der Waals surface area contributed by atoms with Crippen molar-refractivity contribution in [3.05, 3.63) is 66.0 Å². The van der Waals surface area contributed by atoms with Crippen molar-refractivity contribution < 1.29 is 0 Å². The molecule has 0 fully saturated rings. The third-order valence-corrected chi connectivity index (χ3v) is 2.75. The SMILES string of the molecule is Cl.c1ccc(CCCCc2cccnc2)cc1. The Balaban J connectivity index is 0.00000144. The fourth-order valence-corrected chi connectivity index (χ4v) is 1.85. The first kappa shape index (κ1) is 13.7. The fraction of sp³-hybridized carbons (Fsp3) is 0.267. The number of hydrogen-bond acceptors (Lipinski definition) is 1. The molecule has 0 saturated heterocycles. The van der Waals surface area contributed by atoms with Crippen molar-refractivity contribution in [1.29, 1.82) is 0 Å². The summed E-state index contributed by atoms with van der Waals surface area (Å²) < 4.78 is 0. The molecule has 1 heterocycles. The van der Waals surface area contributed by atoms with Gasteiger partial charge in [0, 0.05) is 12.4 Å². The van der Waals surface area contributed by atoms with Gasteiger partial charge in [0.2, 0.25) is 0 Å². The lowest BCUT2D eigenvalue weighted by molar-refractivity contribution is 0.732. The van der Waals surface area contributed by atoms with Crippen LogP contribution in [0.4, 0.5) is 0 Å². The molecule has 0 unspecified atom stereocenters. The van der Waals surface area contributed by atoms with Crippen LogP contribution >= 0.6 is 12.4 Å². The summed E-state index contributed by atoms with van der Waals surface area (Å²) in [7, 11) is 0. The maximum absolute atomic E-state index is 4.12. The number of halogens is 1. The molecule has 2 aromatic rings. The monoisotopic (exact) mass is 247 g/mol. The second-order valence-electron chi connectivity index (χ2n) is 4.05. The van der Waals surface area contributed by atoms with Crippen LogP contribution in [0.5, 0.6) is 0 Å². The Kier molecular flexibility index (Phi) is 6.34. The first-order chi connectivity index (χ1) is 7.95. The zero-order valence-corrected chi connectivity index (χ0v) is 10.7. The standard InChI is InChI=1S/C15H17N.ClH/c1-2-7-14(8-3-1)9-4-5-10-15-11-6-12-16-13-15;/h1-3,6-8,11-13H,4-5,9-10H2;1H. The van der Waals surface area contributed by atoms with Gasteiger partial charge < -0.3 is 0 Å². The van der Waals surface area contributed by atoms with E-state index in [-0.39, 0.29) is 12.4 Å². The first-order valence-corrected chi connectivity index (χ1v) is 5.88. The quantitative estimate of drug-likeness (QED) is 0.726. The lowest BCUT2D eigenvalue weighted by Crippen LogP contribution is -1.89. The molecule has 0 saturated carbocycles. The molecule has 17 heavy (non-hydrogen) atoms. The third kappa shape index (κ3) is 5.01. The van der Waals surface area contributed by atoms with Crippen LogP contribution < -0.4 is 0 Å². The van der Waals surface area contributed by atoms with Crippen molar-refractivity contribution in [2.75, 3.05) is 0 Å². The molecule has 0 spiro atoms. The Labute approximate surface area is 109 Å². The molecular formula is C15H18ClN. The highest BCUT2D eigenvalue weighted by Gasteiger charge is 1.94. The highest BCUT2D eigenvalue weighted by molar-refractivity contribution is 5.85. The van der Waals surface area contributed by atoms with Crippen molar-refractivity contribution in [1.82, 2.24) is 4.98 Å². The normalized spacial score (nSPS) is 9.65. The summed E-state index contributed by atoms with van der Waals surface area (Å²) in [6.45, 7) is 0. The summed E-state index contributed by atoms with van der Waals surface area (Å²) in [6.07, 6.45) is 8.59. The predicted octanol–water partition coefficient (Wildman–Crippen LogP) is 4.07. The van der Waals surface area contributed by atoms with E-state index in [9.17, 15) is 0 Å². The molecule has 2 heteroatoms. The summed E-state index contributed by atoms with van der Waals surface area (Å²) in [5, 5.41) is 0. The average Bonchev–Trinajstić information content (AvgIpc) is 2.37. The molecule has 90 valence electrons. The van der Waals surface area contributed by atoms with Crippen LogP contribution in [0.15, 0.2) is 54.9 Å².